The molecule has 104 valence electrons. The molecule has 0 spiro atoms. The van der Waals surface area contributed by atoms with Gasteiger partial charge in [-0.25, -0.2) is 15.0 Å². The summed E-state index contributed by atoms with van der Waals surface area (Å²) >= 11 is 0. The summed E-state index contributed by atoms with van der Waals surface area (Å²) < 4.78 is 0. The molecule has 0 aliphatic carbocycles. The van der Waals surface area contributed by atoms with E-state index in [1.807, 2.05) is 38.1 Å². The predicted octanol–water partition coefficient (Wildman–Crippen LogP) is 2.66. The van der Waals surface area contributed by atoms with Gasteiger partial charge in [0.15, 0.2) is 0 Å². The lowest BCUT2D eigenvalue weighted by Gasteiger charge is -2.12. The maximum Gasteiger partial charge on any atom is 0.147 e. The van der Waals surface area contributed by atoms with Crippen molar-refractivity contribution >= 4 is 11.6 Å². The van der Waals surface area contributed by atoms with Crippen LogP contribution in [-0.2, 0) is 0 Å². The zero-order valence-electron chi connectivity index (χ0n) is 11.8. The van der Waals surface area contributed by atoms with Crippen molar-refractivity contribution in [3.05, 3.63) is 41.5 Å². The van der Waals surface area contributed by atoms with Gasteiger partial charge in [-0.05, 0) is 45.4 Å². The van der Waals surface area contributed by atoms with Gasteiger partial charge in [0.25, 0.3) is 0 Å². The van der Waals surface area contributed by atoms with Crippen molar-refractivity contribution in [3.63, 3.8) is 0 Å². The molecule has 3 rings (SSSR count). The smallest absolute Gasteiger partial charge is 0.147 e. The average molecular weight is 269 g/mol. The SMILES string of the molecule is Cc1cccc(Nc2cc(C)nc([C@H]3CCCN3)n2)n1. The van der Waals surface area contributed by atoms with Gasteiger partial charge >= 0.3 is 0 Å². The Morgan fingerprint density at radius 3 is 2.75 bits per heavy atom. The molecule has 20 heavy (non-hydrogen) atoms. The van der Waals surface area contributed by atoms with Gasteiger partial charge in [0.1, 0.15) is 17.5 Å². The third kappa shape index (κ3) is 2.93. The fourth-order valence-electron chi connectivity index (χ4n) is 2.46. The fourth-order valence-corrected chi connectivity index (χ4v) is 2.46. The molecular formula is C15H19N5. The van der Waals surface area contributed by atoms with Crippen LogP contribution < -0.4 is 10.6 Å². The maximum absolute atomic E-state index is 4.62. The van der Waals surface area contributed by atoms with Crippen molar-refractivity contribution in [2.75, 3.05) is 11.9 Å². The normalized spacial score (nSPS) is 18.2. The molecule has 0 bridgehead atoms. The third-order valence-corrected chi connectivity index (χ3v) is 3.39. The van der Waals surface area contributed by atoms with Crippen molar-refractivity contribution < 1.29 is 0 Å². The lowest BCUT2D eigenvalue weighted by atomic mass is 10.2. The standard InChI is InChI=1S/C15H19N5/c1-10-5-3-7-13(17-10)19-14-9-11(2)18-15(20-14)12-6-4-8-16-12/h3,5,7,9,12,16H,4,6,8H2,1-2H3,(H,17,18,19,20)/t12-/m1/s1. The summed E-state index contributed by atoms with van der Waals surface area (Å²) in [5.74, 6) is 2.49. The third-order valence-electron chi connectivity index (χ3n) is 3.39. The number of hydrogen-bond donors (Lipinski definition) is 2. The van der Waals surface area contributed by atoms with Crippen LogP contribution in [0.2, 0.25) is 0 Å². The molecule has 5 nitrogen and oxygen atoms in total. The zero-order valence-corrected chi connectivity index (χ0v) is 11.8. The molecular weight excluding hydrogens is 250 g/mol. The van der Waals surface area contributed by atoms with Crippen LogP contribution in [0.1, 0.15) is 36.1 Å². The molecule has 2 aromatic heterocycles. The van der Waals surface area contributed by atoms with Gasteiger partial charge in [-0.1, -0.05) is 6.07 Å². The molecule has 0 saturated carbocycles. The largest absolute Gasteiger partial charge is 0.325 e. The van der Waals surface area contributed by atoms with Crippen LogP contribution >= 0.6 is 0 Å². The Balaban J connectivity index is 1.85. The van der Waals surface area contributed by atoms with E-state index in [9.17, 15) is 0 Å². The lowest BCUT2D eigenvalue weighted by molar-refractivity contribution is 0.603. The van der Waals surface area contributed by atoms with Crippen molar-refractivity contribution in [1.29, 1.82) is 0 Å². The van der Waals surface area contributed by atoms with Crippen LogP contribution in [0.5, 0.6) is 0 Å². The molecule has 3 heterocycles. The summed E-state index contributed by atoms with van der Waals surface area (Å²) in [6, 6.07) is 8.13. The molecule has 5 heteroatoms. The minimum Gasteiger partial charge on any atom is -0.325 e. The number of nitrogens with zero attached hydrogens (tertiary/aromatic N) is 3. The molecule has 1 fully saturated rings. The Morgan fingerprint density at radius 2 is 2.00 bits per heavy atom. The van der Waals surface area contributed by atoms with E-state index in [0.717, 1.165) is 41.8 Å². The number of nitrogens with one attached hydrogen (secondary N) is 2. The van der Waals surface area contributed by atoms with Gasteiger partial charge in [0, 0.05) is 17.5 Å². The lowest BCUT2D eigenvalue weighted by Crippen LogP contribution is -2.17. The number of pyridine rings is 1. The molecule has 1 aliphatic heterocycles. The van der Waals surface area contributed by atoms with E-state index in [1.165, 1.54) is 6.42 Å². The molecule has 0 aromatic carbocycles. The van der Waals surface area contributed by atoms with Gasteiger partial charge in [-0.3, -0.25) is 0 Å². The minimum absolute atomic E-state index is 0.279. The highest BCUT2D eigenvalue weighted by atomic mass is 15.1. The Kier molecular flexibility index (Phi) is 3.60. The van der Waals surface area contributed by atoms with Crippen LogP contribution in [-0.4, -0.2) is 21.5 Å². The highest BCUT2D eigenvalue weighted by Crippen LogP contribution is 2.22. The van der Waals surface area contributed by atoms with Crippen molar-refractivity contribution in [2.24, 2.45) is 0 Å². The Morgan fingerprint density at radius 1 is 1.10 bits per heavy atom. The van der Waals surface area contributed by atoms with E-state index in [1.54, 1.807) is 0 Å². The first kappa shape index (κ1) is 13.0. The Labute approximate surface area is 118 Å². The highest BCUT2D eigenvalue weighted by Gasteiger charge is 2.19. The number of aryl methyl sites for hydroxylation is 2. The monoisotopic (exact) mass is 269 g/mol. The van der Waals surface area contributed by atoms with Crippen LogP contribution in [0, 0.1) is 13.8 Å². The topological polar surface area (TPSA) is 62.7 Å². The summed E-state index contributed by atoms with van der Waals surface area (Å²) in [4.78, 5) is 13.6. The summed E-state index contributed by atoms with van der Waals surface area (Å²) in [7, 11) is 0. The van der Waals surface area contributed by atoms with Crippen LogP contribution in [0.4, 0.5) is 11.6 Å². The molecule has 0 unspecified atom stereocenters. The van der Waals surface area contributed by atoms with Gasteiger partial charge < -0.3 is 10.6 Å². The molecule has 1 saturated heterocycles. The van der Waals surface area contributed by atoms with E-state index < -0.39 is 0 Å². The molecule has 1 aliphatic rings. The zero-order chi connectivity index (χ0) is 13.9. The minimum atomic E-state index is 0.279. The second-order valence-corrected chi connectivity index (χ2v) is 5.19. The van der Waals surface area contributed by atoms with Crippen LogP contribution in [0.3, 0.4) is 0 Å². The molecule has 0 radical (unpaired) electrons. The van der Waals surface area contributed by atoms with Gasteiger partial charge in [0.2, 0.25) is 0 Å². The molecule has 2 aromatic rings. The first-order chi connectivity index (χ1) is 9.70. The van der Waals surface area contributed by atoms with E-state index in [-0.39, 0.29) is 6.04 Å². The maximum atomic E-state index is 4.62. The quantitative estimate of drug-likeness (QED) is 0.897. The van der Waals surface area contributed by atoms with Crippen molar-refractivity contribution in [1.82, 2.24) is 20.3 Å². The van der Waals surface area contributed by atoms with Gasteiger partial charge in [-0.15, -0.1) is 0 Å². The summed E-state index contributed by atoms with van der Waals surface area (Å²) in [5, 5.41) is 6.69. The van der Waals surface area contributed by atoms with Gasteiger partial charge in [0.05, 0.1) is 6.04 Å². The first-order valence-corrected chi connectivity index (χ1v) is 7.00. The second-order valence-electron chi connectivity index (χ2n) is 5.19. The van der Waals surface area contributed by atoms with E-state index >= 15 is 0 Å². The molecule has 0 amide bonds. The summed E-state index contributed by atoms with van der Waals surface area (Å²) in [6.07, 6.45) is 2.29. The number of rotatable bonds is 3. The predicted molar refractivity (Wildman–Crippen MR) is 79.0 cm³/mol. The number of aromatic nitrogens is 3. The molecule has 1 atom stereocenters. The van der Waals surface area contributed by atoms with Crippen LogP contribution in [0.25, 0.3) is 0 Å². The summed E-state index contributed by atoms with van der Waals surface area (Å²) in [5.41, 5.74) is 1.96. The molecule has 2 N–H and O–H groups in total. The second kappa shape index (κ2) is 5.54. The highest BCUT2D eigenvalue weighted by molar-refractivity contribution is 5.52. The average Bonchev–Trinajstić information content (AvgIpc) is 2.91. The number of anilines is 2. The summed E-state index contributed by atoms with van der Waals surface area (Å²) in [6.45, 7) is 5.02. The van der Waals surface area contributed by atoms with E-state index in [4.69, 9.17) is 0 Å². The van der Waals surface area contributed by atoms with Crippen molar-refractivity contribution in [2.45, 2.75) is 32.7 Å². The van der Waals surface area contributed by atoms with Gasteiger partial charge in [-0.2, -0.15) is 0 Å². The van der Waals surface area contributed by atoms with Crippen molar-refractivity contribution in [3.8, 4) is 0 Å². The van der Waals surface area contributed by atoms with Crippen LogP contribution in [0.15, 0.2) is 24.3 Å². The fraction of sp³-hybridized carbons (Fsp3) is 0.400. The first-order valence-electron chi connectivity index (χ1n) is 7.00. The van der Waals surface area contributed by atoms with E-state index in [0.29, 0.717) is 0 Å². The Bertz CT molecular complexity index is 605. The van der Waals surface area contributed by atoms with E-state index in [2.05, 4.69) is 25.6 Å². The Hall–Kier alpha value is -2.01. The number of hydrogen-bond acceptors (Lipinski definition) is 5.